The number of imide groups is 4. The van der Waals surface area contributed by atoms with E-state index in [1.807, 2.05) is 19.1 Å². The van der Waals surface area contributed by atoms with Gasteiger partial charge in [-0.3, -0.25) is 127 Å². The molecule has 0 aromatic heterocycles. The van der Waals surface area contributed by atoms with Gasteiger partial charge >= 0.3 is 35.8 Å². The molecule has 126 heavy (non-hydrogen) atoms. The first-order valence-corrected chi connectivity index (χ1v) is 37.9. The lowest BCUT2D eigenvalue weighted by Crippen LogP contribution is -2.74. The summed E-state index contributed by atoms with van der Waals surface area (Å²) < 4.78 is 9.02. The monoisotopic (exact) mass is 1730 g/mol. The average molecular weight is 1730 g/mol. The molecule has 17 rings (SSSR count). The number of carbonyl (C=O) groups is 16. The molecule has 10 fully saturated rings. The summed E-state index contributed by atoms with van der Waals surface area (Å²) in [4.78, 5) is 259. The molecule has 43 heteroatoms. The molecule has 0 bridgehead atoms. The number of nitrogens with zero attached hydrogens (tertiary/aromatic N) is 9. The molecule has 7 aromatic rings. The lowest BCUT2D eigenvalue weighted by molar-refractivity contribution is -0.385. The van der Waals surface area contributed by atoms with Crippen LogP contribution in [-0.2, 0) is 86.2 Å². The Hall–Kier alpha value is -16.1. The fraction of sp³-hybridized carbons (Fsp3) is 0.301. The van der Waals surface area contributed by atoms with E-state index in [-0.39, 0.29) is 51.2 Å². The highest BCUT2D eigenvalue weighted by atomic mass is 16.6. The van der Waals surface area contributed by atoms with E-state index in [1.54, 1.807) is 50.2 Å². The van der Waals surface area contributed by atoms with Crippen LogP contribution in [0.5, 0.6) is 0 Å². The maximum atomic E-state index is 13.4. The van der Waals surface area contributed by atoms with Gasteiger partial charge in [0, 0.05) is 83.4 Å². The SMILES string of the molecule is CC1(C(=O)O)C(C(=O)Nc2ccc([N+](=O)[O-])cc2)C(C)(C(=O)O)C1C(=O)Nc1ccc([N+](=O)[O-])cc1.CC12C(=O)N(c3ccc([N+](=O)[O-])cc3)C(=O)C1C1(C)C(=O)N(c3ccc([N+](=O)[O-])cc3)C(=O)C21.CC12C(=O)OC(=O)C1C1(C)C(=O)OC(=O)C21.Cc1ccc(N2C(=O)C3C(C)(C2=O)C2C(=O)N(c4ccc(N)cc4)C(=O)C32C)cc1.Nc1ccc([N+](=O)[O-])cc1. The molecule has 4 atom stereocenters. The van der Waals surface area contributed by atoms with E-state index in [0.29, 0.717) is 22.7 Å². The number of hydrogen-bond donors (Lipinski definition) is 6. The molecule has 6 saturated heterocycles. The molecular weight excluding hydrogens is 1660 g/mol. The van der Waals surface area contributed by atoms with Crippen LogP contribution in [0.2, 0.25) is 0 Å². The molecular formula is C83H71N13O30. The third-order valence-corrected chi connectivity index (χ3v) is 26.2. The van der Waals surface area contributed by atoms with Crippen molar-refractivity contribution in [2.45, 2.75) is 62.3 Å². The zero-order valence-corrected chi connectivity index (χ0v) is 67.3. The van der Waals surface area contributed by atoms with E-state index in [1.165, 1.54) is 100 Å². The van der Waals surface area contributed by atoms with Gasteiger partial charge in [0.2, 0.25) is 59.1 Å². The Morgan fingerprint density at radius 2 is 0.540 bits per heavy atom. The largest absolute Gasteiger partial charge is 0.481 e. The van der Waals surface area contributed by atoms with Crippen LogP contribution in [0.3, 0.4) is 0 Å². The van der Waals surface area contributed by atoms with Gasteiger partial charge in [0.25, 0.3) is 28.4 Å². The number of amides is 10. The van der Waals surface area contributed by atoms with Crippen molar-refractivity contribution in [1.29, 1.82) is 0 Å². The number of aryl methyl sites for hydroxylation is 1. The second-order valence-electron chi connectivity index (χ2n) is 33.1. The summed E-state index contributed by atoms with van der Waals surface area (Å²) in [5.41, 5.74) is 1.18. The van der Waals surface area contributed by atoms with Crippen molar-refractivity contribution in [2.75, 3.05) is 41.7 Å². The van der Waals surface area contributed by atoms with Crippen LogP contribution < -0.4 is 41.7 Å². The Kier molecular flexibility index (Phi) is 21.0. The van der Waals surface area contributed by atoms with Crippen molar-refractivity contribution in [3.8, 4) is 0 Å². The van der Waals surface area contributed by atoms with Crippen molar-refractivity contribution >= 4 is 169 Å². The summed E-state index contributed by atoms with van der Waals surface area (Å²) in [5, 5.41) is 78.2. The van der Waals surface area contributed by atoms with Gasteiger partial charge in [-0.15, -0.1) is 0 Å². The number of nitrogen functional groups attached to an aromatic ring is 2. The van der Waals surface area contributed by atoms with E-state index in [4.69, 9.17) is 11.5 Å². The van der Waals surface area contributed by atoms with E-state index in [0.717, 1.165) is 87.5 Å². The first-order chi connectivity index (χ1) is 58.9. The van der Waals surface area contributed by atoms with Crippen LogP contribution >= 0.6 is 0 Å². The Labute approximate surface area is 707 Å². The van der Waals surface area contributed by atoms with Crippen molar-refractivity contribution in [1.82, 2.24) is 0 Å². The minimum Gasteiger partial charge on any atom is -0.481 e. The highest BCUT2D eigenvalue weighted by Crippen LogP contribution is 2.74. The zero-order chi connectivity index (χ0) is 92.8. The minimum atomic E-state index is -2.15. The Morgan fingerprint density at radius 3 is 0.770 bits per heavy atom. The Bertz CT molecular complexity index is 5690. The summed E-state index contributed by atoms with van der Waals surface area (Å²) in [6.07, 6.45) is 0. The van der Waals surface area contributed by atoms with Gasteiger partial charge < -0.3 is 41.8 Å². The first-order valence-electron chi connectivity index (χ1n) is 37.9. The topological polar surface area (TPSA) is 637 Å². The lowest BCUT2D eigenvalue weighted by atomic mass is 9.39. The molecule has 4 aliphatic carbocycles. The molecule has 0 spiro atoms. The van der Waals surface area contributed by atoms with Crippen LogP contribution in [0.4, 0.5) is 73.9 Å². The van der Waals surface area contributed by atoms with Gasteiger partial charge in [0.1, 0.15) is 0 Å². The number of nitro groups is 5. The fourth-order valence-electron chi connectivity index (χ4n) is 20.5. The van der Waals surface area contributed by atoms with Crippen LogP contribution in [-0.4, -0.2) is 130 Å². The van der Waals surface area contributed by atoms with Crippen molar-refractivity contribution < 1.29 is 121 Å². The number of ether oxygens (including phenoxy) is 2. The number of nitro benzene ring substituents is 5. The number of cyclic esters (lactones) is 4. The predicted molar refractivity (Wildman–Crippen MR) is 429 cm³/mol. The fourth-order valence-corrected chi connectivity index (χ4v) is 20.5. The van der Waals surface area contributed by atoms with E-state index < -0.39 is 210 Å². The van der Waals surface area contributed by atoms with Crippen LogP contribution in [0.15, 0.2) is 170 Å². The summed E-state index contributed by atoms with van der Waals surface area (Å²) in [5.74, 6) is -21.7. The molecule has 0 radical (unpaired) electrons. The molecule has 10 amide bonds. The molecule has 6 heterocycles. The number of nitrogens with two attached hydrogens (primary N) is 2. The predicted octanol–water partition coefficient (Wildman–Crippen LogP) is 7.59. The normalized spacial score (nSPS) is 29.8. The second-order valence-corrected chi connectivity index (χ2v) is 33.1. The molecule has 648 valence electrons. The van der Waals surface area contributed by atoms with Gasteiger partial charge in [0.05, 0.1) is 138 Å². The molecule has 6 aliphatic heterocycles. The number of esters is 4. The third kappa shape index (κ3) is 12.5. The number of nitrogens with one attached hydrogen (secondary N) is 2. The van der Waals surface area contributed by atoms with Crippen LogP contribution in [0.1, 0.15) is 61.0 Å². The second kappa shape index (κ2) is 30.2. The number of benzene rings is 7. The number of carboxylic acids is 2. The summed E-state index contributed by atoms with van der Waals surface area (Å²) in [7, 11) is 0. The zero-order valence-electron chi connectivity index (χ0n) is 67.3. The Morgan fingerprint density at radius 1 is 0.333 bits per heavy atom. The third-order valence-electron chi connectivity index (χ3n) is 26.2. The maximum Gasteiger partial charge on any atom is 0.321 e. The molecule has 4 saturated carbocycles. The highest BCUT2D eigenvalue weighted by Gasteiger charge is 2.89. The quantitative estimate of drug-likeness (QED) is 0.0144. The number of fused-ring (bicyclic) bond motifs is 12. The first kappa shape index (κ1) is 87.7. The van der Waals surface area contributed by atoms with Crippen molar-refractivity contribution in [3.63, 3.8) is 0 Å². The highest BCUT2D eigenvalue weighted by molar-refractivity contribution is 6.36. The number of aliphatic carboxylic acids is 2. The number of carbonyl (C=O) groups excluding carboxylic acids is 14. The number of hydrogen-bond acceptors (Lipinski definition) is 30. The van der Waals surface area contributed by atoms with Gasteiger partial charge in [0.15, 0.2) is 0 Å². The standard InChI is InChI=1S/C23H21N3O4.C22H20N4O10.C22H16N4O8.C10H8O6.C6H6N2O2/c1-12-4-8-14(9-5-12)25-18(27)16-22(2,20(25)29)17-19(28)26(21(30)23(16,17)3)15-10-6-13(24)7-11-15;1-21(19(29)30)15(17(27)23-11-3-7-13(8-4-11)25(33)34)22(2,20(31)32)16(21)18(28)24-12-5-9-14(10-6-12)26(35)36;1-21-15(17(27)23(19(21)29)11-3-7-13(8-4-11)25(31)32)22(2)16(21)18(28)24(20(22)30)12-5-9-14(10-6-12)26(33)34;1-9-3(5(11)15-7(9)13)10(2)4(9)6(12)16-8(10)14;7-5-1-3-6(4-2-5)8(9)10/h4-11,16-17H,24H2,1-3H3;3-10,15-16H,1-2H3,(H,23,27)(H,24,28)(H,29,30)(H,31,32);3-10,15-16H,1-2H3;3-4H,1-2H3;1-4H,7H2. The van der Waals surface area contributed by atoms with E-state index >= 15 is 0 Å². The summed E-state index contributed by atoms with van der Waals surface area (Å²) in [6, 6.07) is 38.1. The van der Waals surface area contributed by atoms with Gasteiger partial charge in [-0.05, 0) is 159 Å². The van der Waals surface area contributed by atoms with Crippen molar-refractivity contribution in [3.05, 3.63) is 226 Å². The number of carboxylic acid groups (broad SMARTS) is 2. The van der Waals surface area contributed by atoms with Gasteiger partial charge in [-0.25, -0.2) is 19.6 Å². The number of anilines is 8. The average Bonchev–Trinajstić information content (AvgIpc) is 1.48. The van der Waals surface area contributed by atoms with Gasteiger partial charge in [-0.1, -0.05) is 17.7 Å². The van der Waals surface area contributed by atoms with E-state index in [2.05, 4.69) is 20.1 Å². The van der Waals surface area contributed by atoms with E-state index in [9.17, 15) is 137 Å². The number of rotatable bonds is 15. The molecule has 8 N–H and O–H groups in total. The number of non-ortho nitro benzene ring substituents is 5. The molecule has 10 aliphatic rings. The van der Waals surface area contributed by atoms with Crippen molar-refractivity contribution in [2.24, 2.45) is 90.7 Å². The molecule has 4 unspecified atom stereocenters. The van der Waals surface area contributed by atoms with Crippen LogP contribution in [0, 0.1) is 148 Å². The molecule has 43 nitrogen and oxygen atoms in total. The smallest absolute Gasteiger partial charge is 0.321 e. The summed E-state index contributed by atoms with van der Waals surface area (Å²) >= 11 is 0. The van der Waals surface area contributed by atoms with Gasteiger partial charge in [-0.2, -0.15) is 0 Å². The maximum absolute atomic E-state index is 13.4. The van der Waals surface area contributed by atoms with Crippen LogP contribution in [0.25, 0.3) is 0 Å². The minimum absolute atomic E-state index is 0.0601. The molecule has 7 aromatic carbocycles. The lowest BCUT2D eigenvalue weighted by Gasteiger charge is -2.59. The Balaban J connectivity index is 0.000000142. The summed E-state index contributed by atoms with van der Waals surface area (Å²) in [6.45, 7) is 13.2.